The molecule has 1 N–H and O–H groups in total. The van der Waals surface area contributed by atoms with Crippen LogP contribution in [0.1, 0.15) is 45.6 Å². The second kappa shape index (κ2) is 5.96. The number of hydrogen-bond acceptors (Lipinski definition) is 2. The van der Waals surface area contributed by atoms with Crippen LogP contribution < -0.4 is 5.32 Å². The van der Waals surface area contributed by atoms with E-state index in [0.29, 0.717) is 0 Å². The van der Waals surface area contributed by atoms with E-state index in [1.807, 2.05) is 25.2 Å². The van der Waals surface area contributed by atoms with E-state index in [4.69, 9.17) is 0 Å². The van der Waals surface area contributed by atoms with Gasteiger partial charge in [-0.1, -0.05) is 45.4 Å². The van der Waals surface area contributed by atoms with Crippen LogP contribution in [0.15, 0.2) is 24.3 Å². The number of carbonyl (C=O) groups excluding carboxylic acids is 1. The molecule has 1 unspecified atom stereocenters. The fraction of sp³-hybridized carbons (Fsp3) is 0.588. The molecular weight excluding hydrogens is 248 g/mol. The van der Waals surface area contributed by atoms with Gasteiger partial charge in [-0.05, 0) is 43.5 Å². The van der Waals surface area contributed by atoms with Gasteiger partial charge in [-0.25, -0.2) is 0 Å². The molecule has 110 valence electrons. The van der Waals surface area contributed by atoms with Gasteiger partial charge >= 0.3 is 0 Å². The minimum atomic E-state index is 0.0109. The number of para-hydroxylation sites is 1. The predicted octanol–water partition coefficient (Wildman–Crippen LogP) is 3.41. The Morgan fingerprint density at radius 2 is 1.95 bits per heavy atom. The van der Waals surface area contributed by atoms with Crippen LogP contribution in [-0.4, -0.2) is 30.4 Å². The van der Waals surface area contributed by atoms with E-state index in [0.717, 1.165) is 25.1 Å². The molecule has 2 rings (SSSR count). The minimum Gasteiger partial charge on any atom is -0.324 e. The molecule has 0 bridgehead atoms. The Kier molecular flexibility index (Phi) is 4.48. The van der Waals surface area contributed by atoms with Gasteiger partial charge in [0.05, 0.1) is 6.04 Å². The van der Waals surface area contributed by atoms with Crippen LogP contribution in [0.25, 0.3) is 0 Å². The Morgan fingerprint density at radius 1 is 1.25 bits per heavy atom. The molecule has 3 heteroatoms. The Bertz CT molecular complexity index is 476. The second-order valence-corrected chi connectivity index (χ2v) is 6.78. The Morgan fingerprint density at radius 3 is 2.60 bits per heavy atom. The molecule has 3 nitrogen and oxygen atoms in total. The number of nitrogens with zero attached hydrogens (tertiary/aromatic N) is 1. The van der Waals surface area contributed by atoms with Gasteiger partial charge in [0, 0.05) is 5.69 Å². The zero-order valence-electron chi connectivity index (χ0n) is 13.1. The van der Waals surface area contributed by atoms with Crippen molar-refractivity contribution in [1.82, 2.24) is 4.90 Å². The average Bonchev–Trinajstić information content (AvgIpc) is 2.38. The van der Waals surface area contributed by atoms with E-state index in [-0.39, 0.29) is 17.4 Å². The third-order valence-corrected chi connectivity index (χ3v) is 4.07. The maximum Gasteiger partial charge on any atom is 0.241 e. The van der Waals surface area contributed by atoms with Gasteiger partial charge in [-0.2, -0.15) is 0 Å². The first-order chi connectivity index (χ1) is 9.39. The first-order valence-electron chi connectivity index (χ1n) is 7.50. The summed E-state index contributed by atoms with van der Waals surface area (Å²) in [7, 11) is 2.04. The van der Waals surface area contributed by atoms with Crippen LogP contribution in [0.3, 0.4) is 0 Å². The summed E-state index contributed by atoms with van der Waals surface area (Å²) in [6, 6.07) is 8.12. The third kappa shape index (κ3) is 3.40. The summed E-state index contributed by atoms with van der Waals surface area (Å²) in [6.07, 6.45) is 3.29. The number of benzene rings is 1. The molecule has 1 amide bonds. The van der Waals surface area contributed by atoms with Crippen molar-refractivity contribution in [3.63, 3.8) is 0 Å². The molecule has 1 aromatic rings. The summed E-state index contributed by atoms with van der Waals surface area (Å²) in [5.41, 5.74) is 2.17. The molecule has 0 aromatic heterocycles. The molecule has 1 fully saturated rings. The van der Waals surface area contributed by atoms with Crippen molar-refractivity contribution in [3.8, 4) is 0 Å². The van der Waals surface area contributed by atoms with Crippen molar-refractivity contribution < 1.29 is 4.79 Å². The summed E-state index contributed by atoms with van der Waals surface area (Å²) >= 11 is 0. The number of likely N-dealkylation sites (N-methyl/N-ethyl adjacent to an activating group) is 1. The maximum absolute atomic E-state index is 12.5. The molecule has 1 atom stereocenters. The lowest BCUT2D eigenvalue weighted by atomic mass is 9.85. The number of likely N-dealkylation sites (tertiary alicyclic amines) is 1. The first kappa shape index (κ1) is 15.0. The summed E-state index contributed by atoms with van der Waals surface area (Å²) < 4.78 is 0. The number of amides is 1. The Hall–Kier alpha value is -1.35. The summed E-state index contributed by atoms with van der Waals surface area (Å²) in [5, 5.41) is 3.14. The van der Waals surface area contributed by atoms with Gasteiger partial charge < -0.3 is 5.32 Å². The highest BCUT2D eigenvalue weighted by atomic mass is 16.2. The van der Waals surface area contributed by atoms with Gasteiger partial charge in [-0.15, -0.1) is 0 Å². The van der Waals surface area contributed by atoms with Crippen molar-refractivity contribution in [2.75, 3.05) is 18.9 Å². The smallest absolute Gasteiger partial charge is 0.241 e. The Balaban J connectivity index is 2.16. The standard InChI is InChI=1S/C17H26N2O/c1-17(2,3)13-9-5-6-10-14(13)18-16(20)15-11-7-8-12-19(15)4/h5-6,9-10,15H,7-8,11-12H2,1-4H3,(H,18,20). The molecule has 0 radical (unpaired) electrons. The van der Waals surface area contributed by atoms with E-state index in [1.165, 1.54) is 12.0 Å². The lowest BCUT2D eigenvalue weighted by molar-refractivity contribution is -0.121. The van der Waals surface area contributed by atoms with E-state index >= 15 is 0 Å². The topological polar surface area (TPSA) is 32.3 Å². The number of piperidine rings is 1. The van der Waals surface area contributed by atoms with E-state index < -0.39 is 0 Å². The first-order valence-corrected chi connectivity index (χ1v) is 7.50. The zero-order chi connectivity index (χ0) is 14.8. The lowest BCUT2D eigenvalue weighted by Crippen LogP contribution is -2.44. The molecule has 0 saturated carbocycles. The van der Waals surface area contributed by atoms with Crippen molar-refractivity contribution in [3.05, 3.63) is 29.8 Å². The van der Waals surface area contributed by atoms with E-state index in [2.05, 4.69) is 37.1 Å². The second-order valence-electron chi connectivity index (χ2n) is 6.78. The summed E-state index contributed by atoms with van der Waals surface area (Å²) in [5.74, 6) is 0.129. The number of anilines is 1. The molecule has 0 aliphatic carbocycles. The van der Waals surface area contributed by atoms with Crippen LogP contribution in [0.5, 0.6) is 0 Å². The lowest BCUT2D eigenvalue weighted by Gasteiger charge is -2.32. The fourth-order valence-electron chi connectivity index (χ4n) is 2.87. The van der Waals surface area contributed by atoms with Crippen LogP contribution in [0, 0.1) is 0 Å². The third-order valence-electron chi connectivity index (χ3n) is 4.07. The number of carbonyl (C=O) groups is 1. The number of nitrogens with one attached hydrogen (secondary N) is 1. The van der Waals surface area contributed by atoms with E-state index in [1.54, 1.807) is 0 Å². The van der Waals surface area contributed by atoms with Gasteiger partial charge in [0.15, 0.2) is 0 Å². The fourth-order valence-corrected chi connectivity index (χ4v) is 2.87. The van der Waals surface area contributed by atoms with Crippen molar-refractivity contribution in [1.29, 1.82) is 0 Å². The quantitative estimate of drug-likeness (QED) is 0.896. The Labute approximate surface area is 122 Å². The monoisotopic (exact) mass is 274 g/mol. The maximum atomic E-state index is 12.5. The highest BCUT2D eigenvalue weighted by Gasteiger charge is 2.27. The molecule has 0 spiro atoms. The molecule has 20 heavy (non-hydrogen) atoms. The molecule has 1 heterocycles. The predicted molar refractivity (Wildman–Crippen MR) is 84.0 cm³/mol. The van der Waals surface area contributed by atoms with Crippen molar-refractivity contribution in [2.24, 2.45) is 0 Å². The molecular formula is C17H26N2O. The highest BCUT2D eigenvalue weighted by Crippen LogP contribution is 2.29. The minimum absolute atomic E-state index is 0.0109. The van der Waals surface area contributed by atoms with Crippen LogP contribution in [-0.2, 0) is 10.2 Å². The van der Waals surface area contributed by atoms with Gasteiger partial charge in [0.25, 0.3) is 0 Å². The molecule has 1 aliphatic rings. The molecule has 1 aliphatic heterocycles. The number of hydrogen-bond donors (Lipinski definition) is 1. The largest absolute Gasteiger partial charge is 0.324 e. The SMILES string of the molecule is CN1CCCCC1C(=O)Nc1ccccc1C(C)(C)C. The summed E-state index contributed by atoms with van der Waals surface area (Å²) in [6.45, 7) is 7.53. The van der Waals surface area contributed by atoms with Crippen LogP contribution in [0.2, 0.25) is 0 Å². The average molecular weight is 274 g/mol. The van der Waals surface area contributed by atoms with Crippen LogP contribution in [0.4, 0.5) is 5.69 Å². The van der Waals surface area contributed by atoms with Gasteiger partial charge in [0.1, 0.15) is 0 Å². The summed E-state index contributed by atoms with van der Waals surface area (Å²) in [4.78, 5) is 14.7. The van der Waals surface area contributed by atoms with Gasteiger partial charge in [0.2, 0.25) is 5.91 Å². The van der Waals surface area contributed by atoms with Crippen molar-refractivity contribution >= 4 is 11.6 Å². The van der Waals surface area contributed by atoms with E-state index in [9.17, 15) is 4.79 Å². The van der Waals surface area contributed by atoms with Crippen molar-refractivity contribution in [2.45, 2.75) is 51.5 Å². The zero-order valence-corrected chi connectivity index (χ0v) is 13.1. The normalized spacial score (nSPS) is 20.7. The molecule has 1 aromatic carbocycles. The van der Waals surface area contributed by atoms with Gasteiger partial charge in [-0.3, -0.25) is 9.69 Å². The molecule has 1 saturated heterocycles. The van der Waals surface area contributed by atoms with Crippen LogP contribution >= 0.6 is 0 Å². The number of rotatable bonds is 2. The highest BCUT2D eigenvalue weighted by molar-refractivity contribution is 5.95.